The highest BCUT2D eigenvalue weighted by atomic mass is 19.3. The van der Waals surface area contributed by atoms with Gasteiger partial charge in [-0.15, -0.1) is 0 Å². The van der Waals surface area contributed by atoms with Gasteiger partial charge in [-0.05, 0) is 42.5 Å². The second-order valence-corrected chi connectivity index (χ2v) is 8.08. The number of carbonyl (C=O) groups excluding carboxylic acids is 2. The van der Waals surface area contributed by atoms with Crippen LogP contribution in [0.2, 0.25) is 0 Å². The van der Waals surface area contributed by atoms with E-state index in [1.165, 1.54) is 25.2 Å². The first-order chi connectivity index (χ1) is 14.1. The van der Waals surface area contributed by atoms with Crippen LogP contribution in [0.4, 0.5) is 19.1 Å². The average molecular weight is 418 g/mol. The number of likely N-dealkylation sites (N-methyl/N-ethyl adjacent to an activating group) is 1. The van der Waals surface area contributed by atoms with Crippen LogP contribution in [0.1, 0.15) is 52.2 Å². The Morgan fingerprint density at radius 3 is 2.40 bits per heavy atom. The number of aryl methyl sites for hydroxylation is 1. The maximum absolute atomic E-state index is 14.4. The zero-order valence-electron chi connectivity index (χ0n) is 16.6. The molecule has 158 valence electrons. The van der Waals surface area contributed by atoms with Crippen molar-refractivity contribution in [3.8, 4) is 0 Å². The molecule has 1 aromatic carbocycles. The van der Waals surface area contributed by atoms with Gasteiger partial charge >= 0.3 is 0 Å². The van der Waals surface area contributed by atoms with Gasteiger partial charge in [0, 0.05) is 31.4 Å². The quantitative estimate of drug-likeness (QED) is 0.778. The molecule has 0 bridgehead atoms. The highest BCUT2D eigenvalue weighted by Crippen LogP contribution is 2.58. The molecule has 2 aromatic rings. The number of nitrogens with zero attached hydrogens (tertiary/aromatic N) is 3. The first-order valence-corrected chi connectivity index (χ1v) is 9.64. The van der Waals surface area contributed by atoms with Crippen molar-refractivity contribution in [2.45, 2.75) is 43.7 Å². The topological polar surface area (TPSA) is 75.2 Å². The van der Waals surface area contributed by atoms with E-state index < -0.39 is 29.3 Å². The number of hydrogen-bond donors (Lipinski definition) is 1. The molecule has 1 unspecified atom stereocenters. The third kappa shape index (κ3) is 4.01. The van der Waals surface area contributed by atoms with Gasteiger partial charge in [0.15, 0.2) is 0 Å². The lowest BCUT2D eigenvalue weighted by Gasteiger charge is -2.20. The van der Waals surface area contributed by atoms with E-state index in [1.807, 2.05) is 0 Å². The average Bonchev–Trinajstić information content (AvgIpc) is 3.59. The Hall–Kier alpha value is -2.97. The number of hydrogen-bond acceptors (Lipinski definition) is 4. The van der Waals surface area contributed by atoms with Crippen molar-refractivity contribution in [3.63, 3.8) is 0 Å². The summed E-state index contributed by atoms with van der Waals surface area (Å²) in [5.74, 6) is -5.01. The number of aromatic nitrogens is 2. The number of nitrogens with one attached hydrogen (secondary N) is 1. The first kappa shape index (κ1) is 20.3. The third-order valence-electron chi connectivity index (χ3n) is 5.45. The van der Waals surface area contributed by atoms with Gasteiger partial charge in [0.25, 0.3) is 11.8 Å². The number of amides is 2. The molecule has 0 radical (unpaired) electrons. The molecule has 2 amide bonds. The summed E-state index contributed by atoms with van der Waals surface area (Å²) in [6.07, 6.45) is 3.41. The molecule has 2 aliphatic carbocycles. The number of benzene rings is 1. The summed E-state index contributed by atoms with van der Waals surface area (Å²) in [6.45, 7) is 1.49. The van der Waals surface area contributed by atoms with E-state index in [9.17, 15) is 22.8 Å². The van der Waals surface area contributed by atoms with Gasteiger partial charge in [-0.2, -0.15) is 0 Å². The second kappa shape index (κ2) is 7.07. The Labute approximate surface area is 171 Å². The lowest BCUT2D eigenvalue weighted by atomic mass is 9.96. The van der Waals surface area contributed by atoms with Crippen molar-refractivity contribution in [2.24, 2.45) is 0 Å². The maximum atomic E-state index is 14.4. The molecule has 30 heavy (non-hydrogen) atoms. The zero-order valence-corrected chi connectivity index (χ0v) is 16.6. The molecular weight excluding hydrogens is 397 g/mol. The smallest absolute Gasteiger partial charge is 0.255 e. The van der Waals surface area contributed by atoms with E-state index >= 15 is 0 Å². The Kier molecular flexibility index (Phi) is 4.79. The summed E-state index contributed by atoms with van der Waals surface area (Å²) in [4.78, 5) is 34.2. The standard InChI is InChI=1S/C21H21F3N4O2/c1-12-9-25-19(26-10-12)27-17(29)11-28(2)18(30)14-4-3-13(20(22)5-6-20)7-15(14)16-8-21(16,23)24/h3-4,7,9-10,16H,5-6,8,11H2,1-2H3,(H,25,26,27,29). The number of rotatable bonds is 6. The lowest BCUT2D eigenvalue weighted by Crippen LogP contribution is -2.35. The van der Waals surface area contributed by atoms with Crippen molar-refractivity contribution in [2.75, 3.05) is 18.9 Å². The van der Waals surface area contributed by atoms with Gasteiger partial charge < -0.3 is 4.90 Å². The normalized spacial score (nSPS) is 20.4. The van der Waals surface area contributed by atoms with Gasteiger partial charge in [-0.1, -0.05) is 12.1 Å². The van der Waals surface area contributed by atoms with Crippen LogP contribution in [0.15, 0.2) is 30.6 Å². The van der Waals surface area contributed by atoms with E-state index in [0.29, 0.717) is 18.4 Å². The summed E-state index contributed by atoms with van der Waals surface area (Å²) < 4.78 is 41.9. The maximum Gasteiger partial charge on any atom is 0.255 e. The third-order valence-corrected chi connectivity index (χ3v) is 5.45. The second-order valence-electron chi connectivity index (χ2n) is 8.08. The molecule has 9 heteroatoms. The van der Waals surface area contributed by atoms with E-state index in [1.54, 1.807) is 19.3 Å². The lowest BCUT2D eigenvalue weighted by molar-refractivity contribution is -0.116. The van der Waals surface area contributed by atoms with Crippen molar-refractivity contribution in [1.82, 2.24) is 14.9 Å². The van der Waals surface area contributed by atoms with Gasteiger partial charge in [0.1, 0.15) is 5.67 Å². The predicted octanol–water partition coefficient (Wildman–Crippen LogP) is 3.58. The predicted molar refractivity (Wildman–Crippen MR) is 103 cm³/mol. The summed E-state index contributed by atoms with van der Waals surface area (Å²) in [5.41, 5.74) is -0.129. The van der Waals surface area contributed by atoms with Gasteiger partial charge in [-0.3, -0.25) is 14.9 Å². The van der Waals surface area contributed by atoms with E-state index in [2.05, 4.69) is 15.3 Å². The largest absolute Gasteiger partial charge is 0.332 e. The zero-order chi connectivity index (χ0) is 21.7. The highest BCUT2D eigenvalue weighted by molar-refractivity contribution is 6.00. The molecule has 1 heterocycles. The molecule has 4 rings (SSSR count). The first-order valence-electron chi connectivity index (χ1n) is 9.64. The highest BCUT2D eigenvalue weighted by Gasteiger charge is 2.59. The Morgan fingerprint density at radius 1 is 1.20 bits per heavy atom. The van der Waals surface area contributed by atoms with Gasteiger partial charge in [-0.25, -0.2) is 23.1 Å². The molecule has 1 N–H and O–H groups in total. The Balaban J connectivity index is 1.50. The van der Waals surface area contributed by atoms with Crippen molar-refractivity contribution >= 4 is 17.8 Å². The number of alkyl halides is 3. The van der Waals surface area contributed by atoms with Gasteiger partial charge in [0.05, 0.1) is 12.5 Å². The van der Waals surface area contributed by atoms with Crippen LogP contribution in [0.3, 0.4) is 0 Å². The van der Waals surface area contributed by atoms with Crippen LogP contribution in [-0.4, -0.2) is 46.2 Å². The van der Waals surface area contributed by atoms with Crippen LogP contribution in [0.25, 0.3) is 0 Å². The number of anilines is 1. The van der Waals surface area contributed by atoms with Crippen LogP contribution < -0.4 is 5.32 Å². The monoisotopic (exact) mass is 418 g/mol. The molecule has 1 atom stereocenters. The summed E-state index contributed by atoms with van der Waals surface area (Å²) >= 11 is 0. The Bertz CT molecular complexity index is 1010. The summed E-state index contributed by atoms with van der Waals surface area (Å²) in [7, 11) is 1.40. The molecule has 0 spiro atoms. The number of halogens is 3. The molecule has 1 aromatic heterocycles. The van der Waals surface area contributed by atoms with Crippen molar-refractivity contribution < 1.29 is 22.8 Å². The molecular formula is C21H21F3N4O2. The van der Waals surface area contributed by atoms with Crippen molar-refractivity contribution in [3.05, 3.63) is 52.8 Å². The molecule has 2 fully saturated rings. The van der Waals surface area contributed by atoms with Crippen LogP contribution in [0, 0.1) is 6.92 Å². The van der Waals surface area contributed by atoms with Crippen molar-refractivity contribution in [1.29, 1.82) is 0 Å². The summed E-state index contributed by atoms with van der Waals surface area (Å²) in [6, 6.07) is 4.25. The molecule has 0 saturated heterocycles. The van der Waals surface area contributed by atoms with E-state index in [-0.39, 0.29) is 30.0 Å². The minimum absolute atomic E-state index is 0.0621. The summed E-state index contributed by atoms with van der Waals surface area (Å²) in [5, 5.41) is 2.48. The molecule has 6 nitrogen and oxygen atoms in total. The fourth-order valence-electron chi connectivity index (χ4n) is 3.39. The fourth-order valence-corrected chi connectivity index (χ4v) is 3.39. The molecule has 0 aliphatic heterocycles. The van der Waals surface area contributed by atoms with Crippen LogP contribution in [-0.2, 0) is 10.5 Å². The Morgan fingerprint density at radius 2 is 1.83 bits per heavy atom. The molecule has 2 saturated carbocycles. The van der Waals surface area contributed by atoms with Crippen LogP contribution in [0.5, 0.6) is 0 Å². The SMILES string of the molecule is Cc1cnc(NC(=O)CN(C)C(=O)c2ccc(C3(F)CC3)cc2C2CC2(F)F)nc1. The minimum Gasteiger partial charge on any atom is -0.332 e. The van der Waals surface area contributed by atoms with Gasteiger partial charge in [0.2, 0.25) is 11.9 Å². The fraction of sp³-hybridized carbons (Fsp3) is 0.429. The number of carbonyl (C=O) groups is 2. The van der Waals surface area contributed by atoms with E-state index in [0.717, 1.165) is 10.5 Å². The molecule has 2 aliphatic rings. The van der Waals surface area contributed by atoms with Crippen LogP contribution >= 0.6 is 0 Å². The minimum atomic E-state index is -2.90. The van der Waals surface area contributed by atoms with E-state index in [4.69, 9.17) is 0 Å².